The number of carbonyl (C=O) groups is 2. The van der Waals surface area contributed by atoms with Crippen LogP contribution in [0.1, 0.15) is 10.5 Å². The molecule has 1 atom stereocenters. The molecule has 1 aromatic heterocycles. The van der Waals surface area contributed by atoms with E-state index in [0.717, 1.165) is 5.69 Å². The normalized spacial score (nSPS) is 18.0. The Labute approximate surface area is 179 Å². The fourth-order valence-electron chi connectivity index (χ4n) is 3.88. The van der Waals surface area contributed by atoms with Crippen molar-refractivity contribution >= 4 is 11.8 Å². The Balaban J connectivity index is 1.22. The molecule has 158 valence electrons. The predicted octanol–water partition coefficient (Wildman–Crippen LogP) is 2.00. The number of carbonyl (C=O) groups excluding carboxylic acids is 2. The van der Waals surface area contributed by atoms with Crippen LogP contribution in [0.25, 0.3) is 5.69 Å². The molecular formula is C23H22N4O4. The van der Waals surface area contributed by atoms with Gasteiger partial charge in [0.15, 0.2) is 11.5 Å². The second kappa shape index (κ2) is 8.14. The monoisotopic (exact) mass is 418 g/mol. The molecule has 2 aliphatic rings. The second-order valence-corrected chi connectivity index (χ2v) is 7.47. The molecule has 2 aromatic carbocycles. The smallest absolute Gasteiger partial charge is 0.272 e. The van der Waals surface area contributed by atoms with E-state index in [0.29, 0.717) is 43.4 Å². The van der Waals surface area contributed by atoms with Crippen LogP contribution in [0, 0.1) is 0 Å². The number of ether oxygens (including phenoxy) is 2. The van der Waals surface area contributed by atoms with Gasteiger partial charge in [0, 0.05) is 31.9 Å². The van der Waals surface area contributed by atoms with E-state index in [9.17, 15) is 9.59 Å². The highest BCUT2D eigenvalue weighted by Crippen LogP contribution is 2.31. The van der Waals surface area contributed by atoms with Crippen LogP contribution >= 0.6 is 0 Å². The molecule has 0 saturated carbocycles. The first-order valence-electron chi connectivity index (χ1n) is 10.2. The Kier molecular flexibility index (Phi) is 5.03. The molecule has 2 aliphatic heterocycles. The molecule has 2 amide bonds. The van der Waals surface area contributed by atoms with E-state index >= 15 is 0 Å². The number of nitrogens with zero attached hydrogens (tertiary/aromatic N) is 4. The van der Waals surface area contributed by atoms with Crippen molar-refractivity contribution in [2.45, 2.75) is 6.10 Å². The molecule has 0 unspecified atom stereocenters. The Morgan fingerprint density at radius 1 is 0.871 bits per heavy atom. The van der Waals surface area contributed by atoms with Crippen LogP contribution in [-0.4, -0.2) is 70.1 Å². The van der Waals surface area contributed by atoms with Crippen LogP contribution in [0.2, 0.25) is 0 Å². The summed E-state index contributed by atoms with van der Waals surface area (Å²) in [5, 5.41) is 0. The SMILES string of the molecule is O=C(c1cncn1-c1ccccc1)N1CCN(C(=O)[C@H]2COc3ccccc3O2)CC1. The van der Waals surface area contributed by atoms with Crippen LogP contribution < -0.4 is 9.47 Å². The summed E-state index contributed by atoms with van der Waals surface area (Å²) in [6.07, 6.45) is 2.55. The van der Waals surface area contributed by atoms with Gasteiger partial charge < -0.3 is 19.3 Å². The maximum atomic E-state index is 13.1. The number of amides is 2. The van der Waals surface area contributed by atoms with Gasteiger partial charge in [0.05, 0.1) is 12.5 Å². The minimum atomic E-state index is -0.670. The van der Waals surface area contributed by atoms with Crippen molar-refractivity contribution in [2.75, 3.05) is 32.8 Å². The highest BCUT2D eigenvalue weighted by atomic mass is 16.6. The predicted molar refractivity (Wildman–Crippen MR) is 112 cm³/mol. The van der Waals surface area contributed by atoms with E-state index in [4.69, 9.17) is 9.47 Å². The lowest BCUT2D eigenvalue weighted by atomic mass is 10.2. The molecule has 0 bridgehead atoms. The second-order valence-electron chi connectivity index (χ2n) is 7.47. The Hall–Kier alpha value is -3.81. The minimum absolute atomic E-state index is 0.0976. The number of hydrogen-bond donors (Lipinski definition) is 0. The third kappa shape index (κ3) is 3.72. The van der Waals surface area contributed by atoms with Crippen LogP contribution in [0.4, 0.5) is 0 Å². The van der Waals surface area contributed by atoms with E-state index < -0.39 is 6.10 Å². The molecular weight excluding hydrogens is 396 g/mol. The van der Waals surface area contributed by atoms with Crippen molar-refractivity contribution in [1.82, 2.24) is 19.4 Å². The molecule has 8 heteroatoms. The molecule has 5 rings (SSSR count). The first-order chi connectivity index (χ1) is 15.2. The van der Waals surface area contributed by atoms with Gasteiger partial charge in [-0.2, -0.15) is 0 Å². The van der Waals surface area contributed by atoms with Gasteiger partial charge in [0.25, 0.3) is 11.8 Å². The maximum absolute atomic E-state index is 13.1. The Morgan fingerprint density at radius 3 is 2.32 bits per heavy atom. The Bertz CT molecular complexity index is 1090. The summed E-state index contributed by atoms with van der Waals surface area (Å²) in [6, 6.07) is 17.0. The number of benzene rings is 2. The van der Waals surface area contributed by atoms with E-state index in [-0.39, 0.29) is 18.4 Å². The molecule has 1 saturated heterocycles. The highest BCUT2D eigenvalue weighted by Gasteiger charge is 2.34. The molecule has 31 heavy (non-hydrogen) atoms. The number of fused-ring (bicyclic) bond motifs is 1. The summed E-state index contributed by atoms with van der Waals surface area (Å²) >= 11 is 0. The average Bonchev–Trinajstić information content (AvgIpc) is 3.33. The quantitative estimate of drug-likeness (QED) is 0.650. The van der Waals surface area contributed by atoms with Crippen molar-refractivity contribution < 1.29 is 19.1 Å². The van der Waals surface area contributed by atoms with Gasteiger partial charge in [-0.05, 0) is 24.3 Å². The lowest BCUT2D eigenvalue weighted by Crippen LogP contribution is -2.55. The third-order valence-electron chi connectivity index (χ3n) is 5.55. The Morgan fingerprint density at radius 2 is 1.55 bits per heavy atom. The van der Waals surface area contributed by atoms with Gasteiger partial charge in [-0.3, -0.25) is 14.2 Å². The van der Waals surface area contributed by atoms with Gasteiger partial charge in [0.2, 0.25) is 6.10 Å². The number of aromatic nitrogens is 2. The molecule has 0 N–H and O–H groups in total. The number of hydrogen-bond acceptors (Lipinski definition) is 5. The lowest BCUT2D eigenvalue weighted by molar-refractivity contribution is -0.142. The van der Waals surface area contributed by atoms with Crippen molar-refractivity contribution in [1.29, 1.82) is 0 Å². The fraction of sp³-hybridized carbons (Fsp3) is 0.261. The van der Waals surface area contributed by atoms with Gasteiger partial charge >= 0.3 is 0 Å². The summed E-state index contributed by atoms with van der Waals surface area (Å²) in [4.78, 5) is 33.6. The molecule has 3 aromatic rings. The molecule has 0 radical (unpaired) electrons. The zero-order valence-corrected chi connectivity index (χ0v) is 16.9. The van der Waals surface area contributed by atoms with Crippen molar-refractivity contribution in [2.24, 2.45) is 0 Å². The summed E-state index contributed by atoms with van der Waals surface area (Å²) in [5.74, 6) is 1.02. The van der Waals surface area contributed by atoms with Crippen molar-refractivity contribution in [3.8, 4) is 17.2 Å². The average molecular weight is 418 g/mol. The number of rotatable bonds is 3. The first kappa shape index (κ1) is 19.2. The zero-order valence-electron chi connectivity index (χ0n) is 16.9. The standard InChI is InChI=1S/C23H22N4O4/c28-22(18-14-24-16-27(18)17-6-2-1-3-7-17)25-10-12-26(13-11-25)23(29)21-15-30-19-8-4-5-9-20(19)31-21/h1-9,14,16,21H,10-13,15H2/t21-/m1/s1. The molecule has 0 aliphatic carbocycles. The van der Waals surface area contributed by atoms with E-state index in [2.05, 4.69) is 4.98 Å². The van der Waals surface area contributed by atoms with Gasteiger partial charge in [-0.1, -0.05) is 30.3 Å². The van der Waals surface area contributed by atoms with E-state index in [1.54, 1.807) is 33.0 Å². The first-order valence-corrected chi connectivity index (χ1v) is 10.2. The van der Waals surface area contributed by atoms with Crippen LogP contribution in [0.15, 0.2) is 67.1 Å². The summed E-state index contributed by atoms with van der Waals surface area (Å²) in [7, 11) is 0. The number of para-hydroxylation sites is 3. The molecule has 8 nitrogen and oxygen atoms in total. The van der Waals surface area contributed by atoms with Crippen molar-refractivity contribution in [3.63, 3.8) is 0 Å². The highest BCUT2D eigenvalue weighted by molar-refractivity contribution is 5.93. The van der Waals surface area contributed by atoms with Crippen molar-refractivity contribution in [3.05, 3.63) is 72.8 Å². The number of imidazole rings is 1. The van der Waals surface area contributed by atoms with Gasteiger partial charge in [-0.15, -0.1) is 0 Å². The summed E-state index contributed by atoms with van der Waals surface area (Å²) in [6.45, 7) is 1.99. The maximum Gasteiger partial charge on any atom is 0.272 e. The summed E-state index contributed by atoms with van der Waals surface area (Å²) in [5.41, 5.74) is 1.39. The van der Waals surface area contributed by atoms with Crippen LogP contribution in [-0.2, 0) is 4.79 Å². The lowest BCUT2D eigenvalue weighted by Gasteiger charge is -2.37. The van der Waals surface area contributed by atoms with Gasteiger partial charge in [0.1, 0.15) is 12.3 Å². The third-order valence-corrected chi connectivity index (χ3v) is 5.55. The van der Waals surface area contributed by atoms with Gasteiger partial charge in [-0.25, -0.2) is 4.98 Å². The zero-order chi connectivity index (χ0) is 21.2. The largest absolute Gasteiger partial charge is 0.485 e. The molecule has 0 spiro atoms. The van der Waals surface area contributed by atoms with E-state index in [1.165, 1.54) is 0 Å². The minimum Gasteiger partial charge on any atom is -0.485 e. The van der Waals surface area contributed by atoms with Crippen LogP contribution in [0.5, 0.6) is 11.5 Å². The number of piperazine rings is 1. The molecule has 3 heterocycles. The van der Waals surface area contributed by atoms with E-state index in [1.807, 2.05) is 48.5 Å². The topological polar surface area (TPSA) is 76.9 Å². The summed E-state index contributed by atoms with van der Waals surface area (Å²) < 4.78 is 13.3. The fourth-order valence-corrected chi connectivity index (χ4v) is 3.88. The van der Waals surface area contributed by atoms with Crippen LogP contribution in [0.3, 0.4) is 0 Å². The molecule has 1 fully saturated rings.